The number of nitrogens with two attached hydrogens (primary N) is 1. The lowest BCUT2D eigenvalue weighted by atomic mass is 10.1. The number of rotatable bonds is 11. The van der Waals surface area contributed by atoms with Crippen LogP contribution in [0.25, 0.3) is 0 Å². The van der Waals surface area contributed by atoms with E-state index in [1.165, 1.54) is 0 Å². The van der Waals surface area contributed by atoms with Crippen molar-refractivity contribution in [2.45, 2.75) is 44.8 Å². The lowest BCUT2D eigenvalue weighted by Gasteiger charge is -2.32. The molecule has 0 aliphatic carbocycles. The molecule has 0 unspecified atom stereocenters. The van der Waals surface area contributed by atoms with E-state index in [2.05, 4.69) is 0 Å². The molecule has 19 heteroatoms. The number of hydrogen-bond acceptors (Lipinski definition) is 9. The number of carbonyl (C=O) groups is 3. The van der Waals surface area contributed by atoms with Crippen LogP contribution in [0.2, 0.25) is 0 Å². The minimum Gasteiger partial charge on any atom is -0.490 e. The highest BCUT2D eigenvalue weighted by atomic mass is 19.4. The molecule has 0 amide bonds. The van der Waals surface area contributed by atoms with Gasteiger partial charge in [-0.25, -0.2) is 14.4 Å². The maximum Gasteiger partial charge on any atom is 0.490 e. The summed E-state index contributed by atoms with van der Waals surface area (Å²) in [6.07, 6.45) is -8.36. The van der Waals surface area contributed by atoms with Gasteiger partial charge in [-0.1, -0.05) is 30.3 Å². The van der Waals surface area contributed by atoms with Gasteiger partial charge in [-0.3, -0.25) is 10.8 Å². The molecule has 53 heavy (non-hydrogen) atoms. The molecule has 1 heterocycles. The van der Waals surface area contributed by atoms with E-state index in [0.717, 1.165) is 31.5 Å². The number of piperidine rings is 1. The second kappa shape index (κ2) is 20.1. The Balaban J connectivity index is 0.000000587. The number of nitrogen functional groups attached to an aromatic ring is 1. The number of nitrogens with zero attached hydrogens (tertiary/aromatic N) is 1. The number of benzene rings is 3. The highest BCUT2D eigenvalue weighted by molar-refractivity contribution is 5.95. The number of ether oxygens (including phenoxy) is 4. The highest BCUT2D eigenvalue weighted by Gasteiger charge is 2.38. The number of aliphatic carboxylic acids is 2. The SMILES string of the molecule is CC(=N)N1CCC(Oc2ccc(C(=O)OCCOc3cc(C(=N)N)ccc3OCc3ccccc3)cc2)CC1.O=C(O)C(F)(F)F.O=C(O)C(F)(F)F. The molecule has 0 aromatic heterocycles. The molecular weight excluding hydrogens is 722 g/mol. The molecule has 3 aromatic carbocycles. The Bertz CT molecular complexity index is 1660. The van der Waals surface area contributed by atoms with Crippen molar-refractivity contribution in [1.29, 1.82) is 10.8 Å². The molecule has 6 N–H and O–H groups in total. The van der Waals surface area contributed by atoms with E-state index in [0.29, 0.717) is 40.8 Å². The predicted octanol–water partition coefficient (Wildman–Crippen LogP) is 5.89. The first-order valence-corrected chi connectivity index (χ1v) is 15.4. The van der Waals surface area contributed by atoms with Crippen molar-refractivity contribution in [2.24, 2.45) is 5.73 Å². The topological polar surface area (TPSA) is 206 Å². The molecule has 1 fully saturated rings. The Morgan fingerprint density at radius 3 is 1.81 bits per heavy atom. The molecule has 1 aliphatic heterocycles. The lowest BCUT2D eigenvalue weighted by Crippen LogP contribution is -2.40. The first kappa shape index (κ1) is 43.2. The molecule has 0 spiro atoms. The number of alkyl halides is 6. The van der Waals surface area contributed by atoms with Gasteiger partial charge >= 0.3 is 30.3 Å². The second-order valence-electron chi connectivity index (χ2n) is 10.9. The highest BCUT2D eigenvalue weighted by Crippen LogP contribution is 2.29. The van der Waals surface area contributed by atoms with Gasteiger partial charge in [-0.15, -0.1) is 0 Å². The van der Waals surface area contributed by atoms with Gasteiger partial charge in [-0.05, 0) is 55.0 Å². The first-order chi connectivity index (χ1) is 24.8. The lowest BCUT2D eigenvalue weighted by molar-refractivity contribution is -0.193. The predicted molar refractivity (Wildman–Crippen MR) is 176 cm³/mol. The quantitative estimate of drug-likeness (QED) is 0.0512. The Labute approximate surface area is 298 Å². The Morgan fingerprint density at radius 1 is 0.792 bits per heavy atom. The first-order valence-electron chi connectivity index (χ1n) is 15.4. The molecule has 13 nitrogen and oxygen atoms in total. The fourth-order valence-electron chi connectivity index (χ4n) is 4.18. The third-order valence-electron chi connectivity index (χ3n) is 6.86. The van der Waals surface area contributed by atoms with E-state index in [-0.39, 0.29) is 25.2 Å². The zero-order valence-corrected chi connectivity index (χ0v) is 28.0. The van der Waals surface area contributed by atoms with Gasteiger partial charge in [0.25, 0.3) is 0 Å². The summed E-state index contributed by atoms with van der Waals surface area (Å²) in [5.74, 6) is -3.85. The summed E-state index contributed by atoms with van der Waals surface area (Å²) in [7, 11) is 0. The summed E-state index contributed by atoms with van der Waals surface area (Å²) in [6, 6.07) is 21.7. The standard InChI is InChI=1S/C30H34N4O5.2C2HF3O2/c1-21(31)34-15-13-26(14-16-34)39-25-10-7-23(8-11-25)30(35)37-18-17-36-28-19-24(29(32)33)9-12-27(28)38-20-22-5-3-2-4-6-22;2*3-2(4,5)1(6)7/h2-12,19,26,31H,13-18,20H2,1H3,(H3,32,33);2*(H,6,7). The van der Waals surface area contributed by atoms with Crippen molar-refractivity contribution in [3.05, 3.63) is 89.5 Å². The minimum atomic E-state index is -5.08. The van der Waals surface area contributed by atoms with Gasteiger partial charge in [0.1, 0.15) is 37.5 Å². The van der Waals surface area contributed by atoms with E-state index in [1.54, 1.807) is 49.4 Å². The van der Waals surface area contributed by atoms with E-state index in [1.807, 2.05) is 35.2 Å². The molecule has 1 saturated heterocycles. The van der Waals surface area contributed by atoms with Gasteiger partial charge in [-0.2, -0.15) is 26.3 Å². The number of amidine groups is 2. The Kier molecular flexibility index (Phi) is 16.4. The van der Waals surface area contributed by atoms with E-state index in [4.69, 9.17) is 55.3 Å². The molecule has 0 saturated carbocycles. The van der Waals surface area contributed by atoms with Crippen molar-refractivity contribution in [1.82, 2.24) is 4.90 Å². The largest absolute Gasteiger partial charge is 0.490 e. The summed E-state index contributed by atoms with van der Waals surface area (Å²) in [5.41, 5.74) is 7.57. The van der Waals surface area contributed by atoms with Gasteiger partial charge < -0.3 is 39.8 Å². The summed E-state index contributed by atoms with van der Waals surface area (Å²) in [5, 5.41) is 29.7. The maximum absolute atomic E-state index is 12.5. The van der Waals surface area contributed by atoms with E-state index >= 15 is 0 Å². The zero-order valence-electron chi connectivity index (χ0n) is 28.0. The van der Waals surface area contributed by atoms with Crippen LogP contribution >= 0.6 is 0 Å². The third-order valence-corrected chi connectivity index (χ3v) is 6.86. The van der Waals surface area contributed by atoms with Crippen LogP contribution < -0.4 is 19.9 Å². The number of nitrogens with one attached hydrogen (secondary N) is 2. The number of halogens is 6. The van der Waals surface area contributed by atoms with Crippen LogP contribution in [0.3, 0.4) is 0 Å². The van der Waals surface area contributed by atoms with Crippen LogP contribution in [0.5, 0.6) is 17.2 Å². The van der Waals surface area contributed by atoms with Crippen molar-refractivity contribution in [2.75, 3.05) is 26.3 Å². The summed E-state index contributed by atoms with van der Waals surface area (Å²) < 4.78 is 86.7. The van der Waals surface area contributed by atoms with Gasteiger partial charge in [0.15, 0.2) is 11.5 Å². The summed E-state index contributed by atoms with van der Waals surface area (Å²) in [6.45, 7) is 3.91. The molecular formula is C34H36F6N4O9. The van der Waals surface area contributed by atoms with Gasteiger partial charge in [0.05, 0.1) is 11.4 Å². The van der Waals surface area contributed by atoms with Crippen LogP contribution in [-0.4, -0.2) is 89.5 Å². The summed E-state index contributed by atoms with van der Waals surface area (Å²) >= 11 is 0. The number of carboxylic acid groups (broad SMARTS) is 2. The fourth-order valence-corrected chi connectivity index (χ4v) is 4.18. The molecule has 0 bridgehead atoms. The van der Waals surface area contributed by atoms with Crippen LogP contribution in [0, 0.1) is 10.8 Å². The monoisotopic (exact) mass is 758 g/mol. The normalized spacial score (nSPS) is 12.8. The smallest absolute Gasteiger partial charge is 0.490 e. The van der Waals surface area contributed by atoms with E-state index in [9.17, 15) is 31.1 Å². The van der Waals surface area contributed by atoms with Crippen LogP contribution in [-0.2, 0) is 20.9 Å². The molecule has 0 atom stereocenters. The van der Waals surface area contributed by atoms with Gasteiger partial charge in [0, 0.05) is 31.5 Å². The fraction of sp³-hybridized carbons (Fsp3) is 0.324. The van der Waals surface area contributed by atoms with Crippen molar-refractivity contribution in [3.63, 3.8) is 0 Å². The van der Waals surface area contributed by atoms with Crippen LogP contribution in [0.4, 0.5) is 26.3 Å². The van der Waals surface area contributed by atoms with Crippen LogP contribution in [0.1, 0.15) is 41.3 Å². The maximum atomic E-state index is 12.5. The number of esters is 1. The average Bonchev–Trinajstić information content (AvgIpc) is 3.10. The Morgan fingerprint density at radius 2 is 1.32 bits per heavy atom. The van der Waals surface area contributed by atoms with Crippen molar-refractivity contribution < 1.29 is 69.9 Å². The minimum absolute atomic E-state index is 0.0323. The number of carbonyl (C=O) groups excluding carboxylic acids is 1. The molecule has 288 valence electrons. The molecule has 1 aliphatic rings. The van der Waals surface area contributed by atoms with Crippen molar-refractivity contribution >= 4 is 29.6 Å². The Hall–Kier alpha value is -6.01. The second-order valence-corrected chi connectivity index (χ2v) is 10.9. The number of likely N-dealkylation sites (tertiary alicyclic amines) is 1. The average molecular weight is 759 g/mol. The van der Waals surface area contributed by atoms with Crippen LogP contribution in [0.15, 0.2) is 72.8 Å². The van der Waals surface area contributed by atoms with Gasteiger partial charge in [0.2, 0.25) is 0 Å². The zero-order chi connectivity index (χ0) is 39.8. The molecule has 0 radical (unpaired) electrons. The van der Waals surface area contributed by atoms with E-state index < -0.39 is 30.3 Å². The molecule has 3 aromatic rings. The molecule has 4 rings (SSSR count). The third kappa shape index (κ3) is 15.8. The summed E-state index contributed by atoms with van der Waals surface area (Å²) in [4.78, 5) is 32.3. The number of hydrogen-bond donors (Lipinski definition) is 5. The number of carboxylic acids is 2. The van der Waals surface area contributed by atoms with Crippen molar-refractivity contribution in [3.8, 4) is 17.2 Å².